The highest BCUT2D eigenvalue weighted by Gasteiger charge is 2.51. The van der Waals surface area contributed by atoms with Crippen molar-refractivity contribution in [2.45, 2.75) is 25.6 Å². The molecule has 0 bridgehead atoms. The number of benzene rings is 2. The fourth-order valence-corrected chi connectivity index (χ4v) is 4.09. The molecule has 0 aliphatic carbocycles. The van der Waals surface area contributed by atoms with Crippen molar-refractivity contribution in [2.24, 2.45) is 0 Å². The predicted molar refractivity (Wildman–Crippen MR) is 114 cm³/mol. The number of fused-ring (bicyclic) bond motifs is 1. The molecular formula is C22H21N3O3S. The summed E-state index contributed by atoms with van der Waals surface area (Å²) in [4.78, 5) is 28.3. The second-order valence-corrected chi connectivity index (χ2v) is 7.80. The minimum atomic E-state index is -2.18. The molecule has 2 heterocycles. The standard InChI is InChI=1S/C22H21N3O3S/c1-2-15-9-11-16(12-10-15)25-21(27)24-19-8-4-3-7-18(19)22(25,28)20(26)23-14-17-6-5-13-29-17/h3-13,28H,2,14H2,1H3,(H,23,26)(H,24,27). The molecule has 1 aliphatic heterocycles. The number of carbonyl (C=O) groups excluding carboxylic acids is 2. The molecule has 3 aromatic rings. The maximum Gasteiger partial charge on any atom is 0.329 e. The number of aliphatic hydroxyl groups is 1. The van der Waals surface area contributed by atoms with Crippen molar-refractivity contribution in [3.8, 4) is 0 Å². The van der Waals surface area contributed by atoms with Crippen molar-refractivity contribution in [3.05, 3.63) is 82.0 Å². The molecule has 4 rings (SSSR count). The van der Waals surface area contributed by atoms with E-state index in [0.29, 0.717) is 16.9 Å². The molecule has 1 aromatic heterocycles. The van der Waals surface area contributed by atoms with Crippen LogP contribution in [0.25, 0.3) is 0 Å². The minimum Gasteiger partial charge on any atom is -0.359 e. The fraction of sp³-hybridized carbons (Fsp3) is 0.182. The Labute approximate surface area is 172 Å². The second-order valence-electron chi connectivity index (χ2n) is 6.77. The Morgan fingerprint density at radius 3 is 2.59 bits per heavy atom. The van der Waals surface area contributed by atoms with E-state index in [9.17, 15) is 14.7 Å². The third kappa shape index (κ3) is 3.39. The molecule has 0 radical (unpaired) electrons. The first kappa shape index (κ1) is 19.2. The zero-order chi connectivity index (χ0) is 20.4. The zero-order valence-corrected chi connectivity index (χ0v) is 16.7. The summed E-state index contributed by atoms with van der Waals surface area (Å²) < 4.78 is 0. The van der Waals surface area contributed by atoms with Gasteiger partial charge in [-0.2, -0.15) is 0 Å². The van der Waals surface area contributed by atoms with Crippen molar-refractivity contribution in [1.82, 2.24) is 5.32 Å². The second kappa shape index (κ2) is 7.69. The molecule has 0 saturated heterocycles. The number of hydrogen-bond donors (Lipinski definition) is 3. The summed E-state index contributed by atoms with van der Waals surface area (Å²) in [6.45, 7) is 2.30. The van der Waals surface area contributed by atoms with Crippen LogP contribution in [0.15, 0.2) is 66.0 Å². The predicted octanol–water partition coefficient (Wildman–Crippen LogP) is 3.82. The normalized spacial score (nSPS) is 18.1. The van der Waals surface area contributed by atoms with Gasteiger partial charge < -0.3 is 15.7 Å². The van der Waals surface area contributed by atoms with E-state index >= 15 is 0 Å². The highest BCUT2D eigenvalue weighted by Crippen LogP contribution is 2.39. The van der Waals surface area contributed by atoms with Crippen molar-refractivity contribution in [2.75, 3.05) is 10.2 Å². The van der Waals surface area contributed by atoms with E-state index in [2.05, 4.69) is 10.6 Å². The molecule has 2 aromatic carbocycles. The lowest BCUT2D eigenvalue weighted by Crippen LogP contribution is -2.62. The number of thiophene rings is 1. The van der Waals surface area contributed by atoms with Gasteiger partial charge in [-0.15, -0.1) is 11.3 Å². The van der Waals surface area contributed by atoms with Crippen molar-refractivity contribution in [3.63, 3.8) is 0 Å². The monoisotopic (exact) mass is 407 g/mol. The van der Waals surface area contributed by atoms with Crippen LogP contribution in [0, 0.1) is 0 Å². The summed E-state index contributed by atoms with van der Waals surface area (Å²) in [5.74, 6) is -0.659. The number of nitrogens with zero attached hydrogens (tertiary/aromatic N) is 1. The van der Waals surface area contributed by atoms with Gasteiger partial charge in [-0.05, 0) is 41.6 Å². The van der Waals surface area contributed by atoms with Gasteiger partial charge in [0.25, 0.3) is 11.6 Å². The van der Waals surface area contributed by atoms with E-state index in [0.717, 1.165) is 21.8 Å². The first-order chi connectivity index (χ1) is 14.0. The quantitative estimate of drug-likeness (QED) is 0.601. The third-order valence-electron chi connectivity index (χ3n) is 4.99. The Morgan fingerprint density at radius 1 is 1.14 bits per heavy atom. The largest absolute Gasteiger partial charge is 0.359 e. The van der Waals surface area contributed by atoms with Crippen LogP contribution in [0.1, 0.15) is 22.9 Å². The van der Waals surface area contributed by atoms with E-state index in [4.69, 9.17) is 0 Å². The Morgan fingerprint density at radius 2 is 1.90 bits per heavy atom. The zero-order valence-electron chi connectivity index (χ0n) is 15.9. The van der Waals surface area contributed by atoms with Crippen LogP contribution in [0.2, 0.25) is 0 Å². The molecule has 148 valence electrons. The van der Waals surface area contributed by atoms with Crippen LogP contribution >= 0.6 is 11.3 Å². The Kier molecular flexibility index (Phi) is 5.08. The maximum atomic E-state index is 13.3. The van der Waals surface area contributed by atoms with Crippen LogP contribution in [-0.2, 0) is 23.5 Å². The van der Waals surface area contributed by atoms with Gasteiger partial charge in [0.1, 0.15) is 0 Å². The third-order valence-corrected chi connectivity index (χ3v) is 5.87. The van der Waals surface area contributed by atoms with Crippen LogP contribution < -0.4 is 15.5 Å². The van der Waals surface area contributed by atoms with E-state index in [-0.39, 0.29) is 6.54 Å². The van der Waals surface area contributed by atoms with Gasteiger partial charge in [-0.3, -0.25) is 9.69 Å². The molecular weight excluding hydrogens is 386 g/mol. The average Bonchev–Trinajstić information content (AvgIpc) is 3.26. The maximum absolute atomic E-state index is 13.3. The fourth-order valence-electron chi connectivity index (χ4n) is 3.45. The molecule has 3 N–H and O–H groups in total. The van der Waals surface area contributed by atoms with Crippen molar-refractivity contribution >= 4 is 34.6 Å². The van der Waals surface area contributed by atoms with Crippen LogP contribution in [0.4, 0.5) is 16.2 Å². The number of para-hydroxylation sites is 1. The molecule has 29 heavy (non-hydrogen) atoms. The van der Waals surface area contributed by atoms with E-state index < -0.39 is 17.7 Å². The van der Waals surface area contributed by atoms with Crippen LogP contribution in [0.3, 0.4) is 0 Å². The first-order valence-corrected chi connectivity index (χ1v) is 10.2. The van der Waals surface area contributed by atoms with Gasteiger partial charge in [-0.1, -0.05) is 43.3 Å². The number of aryl methyl sites for hydroxylation is 1. The summed E-state index contributed by atoms with van der Waals surface area (Å²) in [6, 6.07) is 17.3. The van der Waals surface area contributed by atoms with Gasteiger partial charge in [0.15, 0.2) is 0 Å². The van der Waals surface area contributed by atoms with Crippen molar-refractivity contribution in [1.29, 1.82) is 0 Å². The summed E-state index contributed by atoms with van der Waals surface area (Å²) in [5, 5.41) is 19.1. The summed E-state index contributed by atoms with van der Waals surface area (Å²) in [6.07, 6.45) is 0.848. The minimum absolute atomic E-state index is 0.269. The van der Waals surface area contributed by atoms with Gasteiger partial charge >= 0.3 is 6.03 Å². The van der Waals surface area contributed by atoms with E-state index in [1.807, 2.05) is 36.6 Å². The molecule has 0 fully saturated rings. The molecule has 0 saturated carbocycles. The molecule has 0 spiro atoms. The van der Waals surface area contributed by atoms with E-state index in [1.54, 1.807) is 36.4 Å². The lowest BCUT2D eigenvalue weighted by atomic mass is 9.94. The topological polar surface area (TPSA) is 81.7 Å². The van der Waals surface area contributed by atoms with Crippen molar-refractivity contribution < 1.29 is 14.7 Å². The molecule has 3 amide bonds. The molecule has 1 aliphatic rings. The average molecular weight is 407 g/mol. The Balaban J connectivity index is 1.77. The van der Waals surface area contributed by atoms with Gasteiger partial charge in [-0.25, -0.2) is 4.79 Å². The number of urea groups is 1. The lowest BCUT2D eigenvalue weighted by molar-refractivity contribution is -0.140. The molecule has 1 unspecified atom stereocenters. The highest BCUT2D eigenvalue weighted by atomic mass is 32.1. The SMILES string of the molecule is CCc1ccc(N2C(=O)Nc3ccccc3C2(O)C(=O)NCc2cccs2)cc1. The number of hydrogen-bond acceptors (Lipinski definition) is 4. The Bertz CT molecular complexity index is 1030. The lowest BCUT2D eigenvalue weighted by Gasteiger charge is -2.42. The number of carbonyl (C=O) groups is 2. The van der Waals surface area contributed by atoms with Gasteiger partial charge in [0.2, 0.25) is 0 Å². The van der Waals surface area contributed by atoms with E-state index in [1.165, 1.54) is 11.3 Å². The smallest absolute Gasteiger partial charge is 0.329 e. The van der Waals surface area contributed by atoms with Gasteiger partial charge in [0, 0.05) is 16.1 Å². The summed E-state index contributed by atoms with van der Waals surface area (Å²) >= 11 is 1.51. The molecule has 7 heteroatoms. The number of rotatable bonds is 5. The Hall–Kier alpha value is -3.16. The number of anilines is 2. The summed E-state index contributed by atoms with van der Waals surface area (Å²) in [7, 11) is 0. The highest BCUT2D eigenvalue weighted by molar-refractivity contribution is 7.09. The summed E-state index contributed by atoms with van der Waals surface area (Å²) in [5.41, 5.74) is 0.0833. The molecule has 6 nitrogen and oxygen atoms in total. The van der Waals surface area contributed by atoms with Crippen LogP contribution in [-0.4, -0.2) is 17.0 Å². The van der Waals surface area contributed by atoms with Crippen LogP contribution in [0.5, 0.6) is 0 Å². The van der Waals surface area contributed by atoms with Gasteiger partial charge in [0.05, 0.1) is 12.2 Å². The number of amides is 3. The first-order valence-electron chi connectivity index (χ1n) is 9.36. The molecule has 1 atom stereocenters. The number of nitrogens with one attached hydrogen (secondary N) is 2.